The van der Waals surface area contributed by atoms with E-state index in [4.69, 9.17) is 16.3 Å². The maximum absolute atomic E-state index is 11.0. The van der Waals surface area contributed by atoms with Crippen LogP contribution in [0.25, 0.3) is 10.9 Å². The molecule has 102 valence electrons. The number of hydrogen-bond donors (Lipinski definition) is 2. The van der Waals surface area contributed by atoms with Crippen molar-refractivity contribution in [1.29, 1.82) is 0 Å². The number of nitrogens with one attached hydrogen (secondary N) is 2. The molecule has 0 spiro atoms. The van der Waals surface area contributed by atoms with Crippen molar-refractivity contribution in [1.82, 2.24) is 10.3 Å². The number of aromatic nitrogens is 1. The molecule has 0 aliphatic rings. The topological polar surface area (TPSA) is 54.1 Å². The summed E-state index contributed by atoms with van der Waals surface area (Å²) in [5, 5.41) is 4.48. The number of halogens is 1. The van der Waals surface area contributed by atoms with Crippen molar-refractivity contribution >= 4 is 28.4 Å². The van der Waals surface area contributed by atoms with Crippen LogP contribution in [-0.2, 0) is 4.79 Å². The van der Waals surface area contributed by atoms with Gasteiger partial charge >= 0.3 is 0 Å². The van der Waals surface area contributed by atoms with Crippen LogP contribution in [0.1, 0.15) is 25.3 Å². The molecule has 0 radical (unpaired) electrons. The van der Waals surface area contributed by atoms with Gasteiger partial charge in [-0.3, -0.25) is 4.79 Å². The molecule has 0 aliphatic heterocycles. The number of aromatic amines is 1. The van der Waals surface area contributed by atoms with Gasteiger partial charge in [0.25, 0.3) is 0 Å². The predicted molar refractivity (Wildman–Crippen MR) is 77.0 cm³/mol. The molecule has 0 saturated heterocycles. The average Bonchev–Trinajstić information content (AvgIpc) is 2.77. The minimum absolute atomic E-state index is 0.0210. The van der Waals surface area contributed by atoms with Gasteiger partial charge in [-0.15, -0.1) is 0 Å². The van der Waals surface area contributed by atoms with Crippen molar-refractivity contribution in [3.05, 3.63) is 28.9 Å². The van der Waals surface area contributed by atoms with E-state index in [9.17, 15) is 4.79 Å². The fraction of sp³-hybridized carbons (Fsp3) is 0.357. The molecular weight excluding hydrogens is 264 g/mol. The Kier molecular flexibility index (Phi) is 4.00. The number of benzene rings is 1. The minimum atomic E-state index is -0.0210. The van der Waals surface area contributed by atoms with Crippen LogP contribution in [-0.4, -0.2) is 24.5 Å². The van der Waals surface area contributed by atoms with Gasteiger partial charge in [-0.1, -0.05) is 18.5 Å². The Bertz CT molecular complexity index is 607. The summed E-state index contributed by atoms with van der Waals surface area (Å²) >= 11 is 6.09. The van der Waals surface area contributed by atoms with Gasteiger partial charge in [0.1, 0.15) is 5.75 Å². The Labute approximate surface area is 117 Å². The highest BCUT2D eigenvalue weighted by Gasteiger charge is 2.14. The van der Waals surface area contributed by atoms with Crippen molar-refractivity contribution in [3.8, 4) is 5.75 Å². The van der Waals surface area contributed by atoms with E-state index in [0.717, 1.165) is 16.5 Å². The summed E-state index contributed by atoms with van der Waals surface area (Å²) in [6.45, 7) is 4.19. The first-order valence-electron chi connectivity index (χ1n) is 6.12. The highest BCUT2D eigenvalue weighted by atomic mass is 35.5. The fourth-order valence-electron chi connectivity index (χ4n) is 2.12. The van der Waals surface area contributed by atoms with Crippen LogP contribution in [0.3, 0.4) is 0 Å². The van der Waals surface area contributed by atoms with Crippen LogP contribution < -0.4 is 10.1 Å². The lowest BCUT2D eigenvalue weighted by atomic mass is 10.0. The second-order valence-corrected chi connectivity index (χ2v) is 5.02. The normalized spacial score (nSPS) is 12.4. The molecule has 2 N–H and O–H groups in total. The number of H-pyrrole nitrogens is 1. The summed E-state index contributed by atoms with van der Waals surface area (Å²) in [4.78, 5) is 14.2. The van der Waals surface area contributed by atoms with Crippen molar-refractivity contribution in [2.24, 2.45) is 0 Å². The molecular formula is C14H17ClN2O2. The average molecular weight is 281 g/mol. The molecule has 0 saturated carbocycles. The van der Waals surface area contributed by atoms with Gasteiger partial charge in [-0.05, 0) is 17.7 Å². The number of carbonyl (C=O) groups is 1. The fourth-order valence-corrected chi connectivity index (χ4v) is 2.36. The lowest BCUT2D eigenvalue weighted by Crippen LogP contribution is -2.24. The number of rotatable bonds is 4. The molecule has 5 heteroatoms. The largest absolute Gasteiger partial charge is 0.495 e. The Hall–Kier alpha value is -1.68. The smallest absolute Gasteiger partial charge is 0.216 e. The standard InChI is InChI=1S/C14H17ClN2O2/c1-8(6-16-9(2)18)11-7-17-13-5-12(15)14(19-3)4-10(11)13/h4-5,7-8,17H,6H2,1-3H3,(H,16,18). The van der Waals surface area contributed by atoms with Gasteiger partial charge in [-0.2, -0.15) is 0 Å². The van der Waals surface area contributed by atoms with Crippen LogP contribution >= 0.6 is 11.6 Å². The Morgan fingerprint density at radius 1 is 1.53 bits per heavy atom. The van der Waals surface area contributed by atoms with Crippen LogP contribution in [0.15, 0.2) is 18.3 Å². The summed E-state index contributed by atoms with van der Waals surface area (Å²) in [6.07, 6.45) is 1.95. The summed E-state index contributed by atoms with van der Waals surface area (Å²) in [5.41, 5.74) is 2.11. The van der Waals surface area contributed by atoms with E-state index in [2.05, 4.69) is 17.2 Å². The number of hydrogen-bond acceptors (Lipinski definition) is 2. The van der Waals surface area contributed by atoms with E-state index < -0.39 is 0 Å². The highest BCUT2D eigenvalue weighted by Crippen LogP contribution is 2.33. The van der Waals surface area contributed by atoms with E-state index in [1.54, 1.807) is 7.11 Å². The first kappa shape index (κ1) is 13.7. The number of carbonyl (C=O) groups excluding carboxylic acids is 1. The monoisotopic (exact) mass is 280 g/mol. The van der Waals surface area contributed by atoms with E-state index in [1.165, 1.54) is 6.92 Å². The second-order valence-electron chi connectivity index (χ2n) is 4.61. The third kappa shape index (κ3) is 2.84. The third-order valence-corrected chi connectivity index (χ3v) is 3.47. The molecule has 1 unspecified atom stereocenters. The maximum atomic E-state index is 11.0. The van der Waals surface area contributed by atoms with Gasteiger partial charge in [-0.25, -0.2) is 0 Å². The van der Waals surface area contributed by atoms with Crippen LogP contribution in [0, 0.1) is 0 Å². The molecule has 1 amide bonds. The van der Waals surface area contributed by atoms with E-state index in [0.29, 0.717) is 17.3 Å². The van der Waals surface area contributed by atoms with Crippen molar-refractivity contribution in [2.45, 2.75) is 19.8 Å². The summed E-state index contributed by atoms with van der Waals surface area (Å²) in [5.74, 6) is 0.845. The third-order valence-electron chi connectivity index (χ3n) is 3.17. The minimum Gasteiger partial charge on any atom is -0.495 e. The predicted octanol–water partition coefficient (Wildman–Crippen LogP) is 3.07. The van der Waals surface area contributed by atoms with Crippen molar-refractivity contribution in [3.63, 3.8) is 0 Å². The molecule has 4 nitrogen and oxygen atoms in total. The summed E-state index contributed by atoms with van der Waals surface area (Å²) < 4.78 is 5.24. The van der Waals surface area contributed by atoms with Gasteiger partial charge < -0.3 is 15.0 Å². The molecule has 1 heterocycles. The molecule has 1 aromatic carbocycles. The van der Waals surface area contributed by atoms with Crippen LogP contribution in [0.2, 0.25) is 5.02 Å². The maximum Gasteiger partial charge on any atom is 0.216 e. The Morgan fingerprint density at radius 2 is 2.26 bits per heavy atom. The molecule has 19 heavy (non-hydrogen) atoms. The zero-order valence-electron chi connectivity index (χ0n) is 11.2. The quantitative estimate of drug-likeness (QED) is 0.904. The number of ether oxygens (including phenoxy) is 1. The van der Waals surface area contributed by atoms with Gasteiger partial charge in [0, 0.05) is 36.5 Å². The molecule has 2 aromatic rings. The Balaban J connectivity index is 2.35. The zero-order valence-corrected chi connectivity index (χ0v) is 12.0. The second kappa shape index (κ2) is 5.53. The molecule has 1 atom stereocenters. The molecule has 0 aliphatic carbocycles. The number of fused-ring (bicyclic) bond motifs is 1. The highest BCUT2D eigenvalue weighted by molar-refractivity contribution is 6.32. The first-order valence-corrected chi connectivity index (χ1v) is 6.49. The lowest BCUT2D eigenvalue weighted by Gasteiger charge is -2.11. The lowest BCUT2D eigenvalue weighted by molar-refractivity contribution is -0.119. The molecule has 1 aromatic heterocycles. The summed E-state index contributed by atoms with van der Waals surface area (Å²) in [7, 11) is 1.60. The molecule has 0 fully saturated rings. The molecule has 0 bridgehead atoms. The van der Waals surface area contributed by atoms with E-state index in [1.807, 2.05) is 18.3 Å². The van der Waals surface area contributed by atoms with E-state index in [-0.39, 0.29) is 11.8 Å². The van der Waals surface area contributed by atoms with Gasteiger partial charge in [0.15, 0.2) is 0 Å². The van der Waals surface area contributed by atoms with Crippen LogP contribution in [0.4, 0.5) is 0 Å². The van der Waals surface area contributed by atoms with Gasteiger partial charge in [0.2, 0.25) is 5.91 Å². The number of methoxy groups -OCH3 is 1. The van der Waals surface area contributed by atoms with E-state index >= 15 is 0 Å². The first-order chi connectivity index (χ1) is 9.02. The van der Waals surface area contributed by atoms with Gasteiger partial charge in [0.05, 0.1) is 12.1 Å². The Morgan fingerprint density at radius 3 is 2.89 bits per heavy atom. The van der Waals surface area contributed by atoms with Crippen molar-refractivity contribution in [2.75, 3.05) is 13.7 Å². The van der Waals surface area contributed by atoms with Crippen LogP contribution in [0.5, 0.6) is 5.75 Å². The number of amides is 1. The molecule has 2 rings (SSSR count). The SMILES string of the molecule is COc1cc2c(C(C)CNC(C)=O)c[nH]c2cc1Cl. The van der Waals surface area contributed by atoms with Crippen molar-refractivity contribution < 1.29 is 9.53 Å². The zero-order chi connectivity index (χ0) is 14.0. The summed E-state index contributed by atoms with van der Waals surface area (Å²) in [6, 6.07) is 3.78.